The number of carboxylic acids is 1. The third-order valence-electron chi connectivity index (χ3n) is 11.1. The van der Waals surface area contributed by atoms with Gasteiger partial charge in [-0.1, -0.05) is 46.2 Å². The van der Waals surface area contributed by atoms with Crippen LogP contribution in [0.3, 0.4) is 0 Å². The fraction of sp³-hybridized carbons (Fsp3) is 0.605. The highest BCUT2D eigenvalue weighted by atomic mass is 32.1. The summed E-state index contributed by atoms with van der Waals surface area (Å²) in [6.07, 6.45) is -1.10. The van der Waals surface area contributed by atoms with Crippen molar-refractivity contribution in [2.24, 2.45) is 29.0 Å². The molecule has 0 bridgehead atoms. The molecule has 384 valence electrons. The van der Waals surface area contributed by atoms with Crippen LogP contribution in [0.1, 0.15) is 78.2 Å². The van der Waals surface area contributed by atoms with Crippen LogP contribution in [0.2, 0.25) is 0 Å². The molecule has 15 N–H and O–H groups in total. The van der Waals surface area contributed by atoms with Gasteiger partial charge in [0.25, 0.3) is 0 Å². The van der Waals surface area contributed by atoms with E-state index in [-0.39, 0.29) is 49.0 Å². The van der Waals surface area contributed by atoms with Gasteiger partial charge < -0.3 is 69.5 Å². The summed E-state index contributed by atoms with van der Waals surface area (Å²) >= 11 is 8.26. The smallest absolute Gasteiger partial charge is 0.303 e. The first-order chi connectivity index (χ1) is 32.4. The fourth-order valence-electron chi connectivity index (χ4n) is 7.10. The number of nitrogens with two attached hydrogens (primary N) is 3. The van der Waals surface area contributed by atoms with E-state index in [0.29, 0.717) is 18.4 Å². The van der Waals surface area contributed by atoms with Crippen molar-refractivity contribution in [1.82, 2.24) is 42.1 Å². The molecule has 1 aromatic carbocycles. The van der Waals surface area contributed by atoms with E-state index in [9.17, 15) is 63.0 Å². The Morgan fingerprint density at radius 2 is 1.30 bits per heavy atom. The van der Waals surface area contributed by atoms with Gasteiger partial charge in [0.1, 0.15) is 48.0 Å². The standard InChI is InChI=1S/C43H67N11O13S2/c1-5-22(4)35(53-40(64)28(49-36(60)25(44)19-68)16-23-8-10-24(55)11-9-23)42(66)48-26(12-13-34(58)59)38(62)50-29(17-32(45)56)39(63)52-30(20-69)43(67)54-14-6-7-31(54)41(65)51-27(15-21(2)3)37(61)47-18-33(46)57/h8-11,21-22,25-31,35,55,68-69H,5-7,12-20,44H2,1-4H3,(H2,45,56)(H2,46,57)(H,47,61)(H,48,66)(H,49,60)(H,50,62)(H,51,65)(H,52,63)(H,53,64)(H,58,59)/t22-,25-,26-,27-,28-,29-,30-,31-,35-/m0/s1. The van der Waals surface area contributed by atoms with Gasteiger partial charge in [0.2, 0.25) is 59.1 Å². The van der Waals surface area contributed by atoms with Crippen molar-refractivity contribution in [1.29, 1.82) is 0 Å². The number of rotatable bonds is 29. The second-order valence-electron chi connectivity index (χ2n) is 17.1. The molecular formula is C43H67N11O13S2. The zero-order valence-electron chi connectivity index (χ0n) is 39.0. The van der Waals surface area contributed by atoms with Gasteiger partial charge in [-0.15, -0.1) is 0 Å². The Morgan fingerprint density at radius 3 is 1.86 bits per heavy atom. The molecular weight excluding hydrogens is 943 g/mol. The zero-order valence-corrected chi connectivity index (χ0v) is 40.8. The Kier molecular flexibility index (Phi) is 24.8. The number of nitrogens with one attached hydrogen (secondary N) is 7. The van der Waals surface area contributed by atoms with Crippen LogP contribution in [-0.4, -0.2) is 153 Å². The normalized spacial score (nSPS) is 16.8. The molecule has 10 amide bonds. The number of carboxylic acid groups (broad SMARTS) is 1. The van der Waals surface area contributed by atoms with Gasteiger partial charge in [0, 0.05) is 30.9 Å². The number of carbonyl (C=O) groups excluding carboxylic acids is 10. The summed E-state index contributed by atoms with van der Waals surface area (Å²) in [5.41, 5.74) is 16.9. The van der Waals surface area contributed by atoms with Crippen molar-refractivity contribution in [3.8, 4) is 5.75 Å². The van der Waals surface area contributed by atoms with Crippen molar-refractivity contribution in [2.45, 2.75) is 127 Å². The van der Waals surface area contributed by atoms with Crippen molar-refractivity contribution in [2.75, 3.05) is 24.6 Å². The summed E-state index contributed by atoms with van der Waals surface area (Å²) in [5, 5.41) is 36.6. The number of likely N-dealkylation sites (tertiary alicyclic amines) is 1. The van der Waals surface area contributed by atoms with Gasteiger partial charge in [0.15, 0.2) is 0 Å². The molecule has 1 fully saturated rings. The lowest BCUT2D eigenvalue weighted by atomic mass is 9.96. The van der Waals surface area contributed by atoms with E-state index in [4.69, 9.17) is 17.2 Å². The Hall–Kier alpha value is -6.15. The number of phenols is 1. The first-order valence-electron chi connectivity index (χ1n) is 22.4. The number of amides is 10. The highest BCUT2D eigenvalue weighted by Crippen LogP contribution is 2.20. The van der Waals surface area contributed by atoms with E-state index < -0.39 is 145 Å². The number of carbonyl (C=O) groups is 11. The van der Waals surface area contributed by atoms with Crippen LogP contribution in [0.5, 0.6) is 5.75 Å². The maximum Gasteiger partial charge on any atom is 0.303 e. The van der Waals surface area contributed by atoms with Gasteiger partial charge in [-0.3, -0.25) is 52.7 Å². The number of hydrogen-bond acceptors (Lipinski definition) is 15. The van der Waals surface area contributed by atoms with Crippen LogP contribution in [0.25, 0.3) is 0 Å². The SMILES string of the molecule is CC[C@H](C)[C@H](NC(=O)[C@H](Cc1ccc(O)cc1)NC(=O)[C@@H](N)CS)C(=O)N[C@@H](CCC(=O)O)C(=O)N[C@@H](CC(N)=O)C(=O)N[C@@H](CS)C(=O)N1CCC[C@H]1C(=O)N[C@@H](CC(C)C)C(=O)NCC(N)=O. The minimum atomic E-state index is -1.79. The number of thiol groups is 2. The number of primary amides is 2. The van der Waals surface area contributed by atoms with Gasteiger partial charge in [0.05, 0.1) is 19.0 Å². The highest BCUT2D eigenvalue weighted by Gasteiger charge is 2.40. The molecule has 1 aliphatic rings. The Bertz CT molecular complexity index is 2010. The summed E-state index contributed by atoms with van der Waals surface area (Å²) < 4.78 is 0. The number of nitrogens with zero attached hydrogens (tertiary/aromatic N) is 1. The number of benzene rings is 1. The summed E-state index contributed by atoms with van der Waals surface area (Å²) in [6.45, 7) is 6.55. The van der Waals surface area contributed by atoms with Gasteiger partial charge in [-0.05, 0) is 55.2 Å². The van der Waals surface area contributed by atoms with Crippen molar-refractivity contribution in [3.05, 3.63) is 29.8 Å². The van der Waals surface area contributed by atoms with Gasteiger partial charge in [-0.2, -0.15) is 25.3 Å². The molecule has 9 atom stereocenters. The first kappa shape index (κ1) is 59.0. The van der Waals surface area contributed by atoms with Crippen molar-refractivity contribution in [3.63, 3.8) is 0 Å². The predicted molar refractivity (Wildman–Crippen MR) is 256 cm³/mol. The molecule has 24 nitrogen and oxygen atoms in total. The molecule has 1 aromatic rings. The number of aromatic hydroxyl groups is 1. The molecule has 2 rings (SSSR count). The molecule has 0 saturated carbocycles. The molecule has 0 aromatic heterocycles. The minimum absolute atomic E-state index is 0.0502. The topological polar surface area (TPSA) is 394 Å². The largest absolute Gasteiger partial charge is 0.508 e. The zero-order chi connectivity index (χ0) is 52.1. The lowest BCUT2D eigenvalue weighted by Crippen LogP contribution is -2.61. The third kappa shape index (κ3) is 19.8. The molecule has 1 aliphatic heterocycles. The maximum atomic E-state index is 14.0. The lowest BCUT2D eigenvalue weighted by molar-refractivity contribution is -0.142. The number of phenolic OH excluding ortho intramolecular Hbond substituents is 1. The van der Waals surface area contributed by atoms with Gasteiger partial charge in [-0.25, -0.2) is 0 Å². The maximum absolute atomic E-state index is 14.0. The predicted octanol–water partition coefficient (Wildman–Crippen LogP) is -3.54. The summed E-state index contributed by atoms with van der Waals surface area (Å²) in [6, 6.07) is -5.08. The molecule has 0 unspecified atom stereocenters. The van der Waals surface area contributed by atoms with Gasteiger partial charge >= 0.3 is 5.97 Å². The Labute approximate surface area is 410 Å². The second-order valence-corrected chi connectivity index (χ2v) is 17.9. The van der Waals surface area contributed by atoms with Crippen LogP contribution in [0.15, 0.2) is 24.3 Å². The molecule has 1 saturated heterocycles. The van der Waals surface area contributed by atoms with E-state index in [1.807, 2.05) is 13.8 Å². The number of aliphatic carboxylic acids is 1. The van der Waals surface area contributed by atoms with E-state index in [1.165, 1.54) is 29.2 Å². The van der Waals surface area contributed by atoms with Crippen molar-refractivity contribution >= 4 is 90.3 Å². The van der Waals surface area contributed by atoms with Crippen LogP contribution in [0.4, 0.5) is 0 Å². The first-order valence-corrected chi connectivity index (χ1v) is 23.6. The van der Waals surface area contributed by atoms with E-state index >= 15 is 0 Å². The number of hydrogen-bond donors (Lipinski definition) is 14. The Balaban J connectivity index is 2.34. The summed E-state index contributed by atoms with van der Waals surface area (Å²) in [4.78, 5) is 145. The van der Waals surface area contributed by atoms with E-state index in [2.05, 4.69) is 62.5 Å². The molecule has 26 heteroatoms. The van der Waals surface area contributed by atoms with Crippen LogP contribution >= 0.6 is 25.3 Å². The minimum Gasteiger partial charge on any atom is -0.508 e. The average molecular weight is 1010 g/mol. The third-order valence-corrected chi connectivity index (χ3v) is 11.8. The fourth-order valence-corrected chi connectivity index (χ4v) is 7.52. The quantitative estimate of drug-likeness (QED) is 0.0346. The van der Waals surface area contributed by atoms with Crippen LogP contribution in [-0.2, 0) is 59.2 Å². The second kappa shape index (κ2) is 29.0. The Morgan fingerprint density at radius 1 is 0.725 bits per heavy atom. The van der Waals surface area contributed by atoms with Crippen molar-refractivity contribution < 1.29 is 63.0 Å². The highest BCUT2D eigenvalue weighted by molar-refractivity contribution is 7.80. The average Bonchev–Trinajstić information content (AvgIpc) is 3.79. The van der Waals surface area contributed by atoms with E-state index in [0.717, 1.165) is 0 Å². The molecule has 0 aliphatic carbocycles. The lowest BCUT2D eigenvalue weighted by Gasteiger charge is -2.30. The monoisotopic (exact) mass is 1010 g/mol. The summed E-state index contributed by atoms with van der Waals surface area (Å²) in [5.74, 6) is -11.2. The van der Waals surface area contributed by atoms with Crippen LogP contribution in [0, 0.1) is 11.8 Å². The molecule has 69 heavy (non-hydrogen) atoms. The summed E-state index contributed by atoms with van der Waals surface area (Å²) in [7, 11) is 0. The molecule has 0 radical (unpaired) electrons. The van der Waals surface area contributed by atoms with Crippen LogP contribution < -0.4 is 54.4 Å². The van der Waals surface area contributed by atoms with E-state index in [1.54, 1.807) is 13.8 Å². The molecule has 0 spiro atoms. The molecule has 1 heterocycles.